The second kappa shape index (κ2) is 9.25. The minimum absolute atomic E-state index is 0.0464. The lowest BCUT2D eigenvalue weighted by molar-refractivity contribution is -0.138. The number of benzene rings is 1. The first-order chi connectivity index (χ1) is 14.3. The third-order valence-corrected chi connectivity index (χ3v) is 7.18. The number of hydrogen-bond acceptors (Lipinski definition) is 6. The molecule has 1 saturated carbocycles. The number of aromatic nitrogens is 1. The van der Waals surface area contributed by atoms with E-state index >= 15 is 0 Å². The van der Waals surface area contributed by atoms with E-state index in [0.29, 0.717) is 6.42 Å². The Morgan fingerprint density at radius 2 is 2.17 bits per heavy atom. The Bertz CT molecular complexity index is 1100. The first-order valence-corrected chi connectivity index (χ1v) is 11.5. The molecule has 1 amide bonds. The lowest BCUT2D eigenvalue weighted by Crippen LogP contribution is -2.41. The van der Waals surface area contributed by atoms with Crippen LogP contribution < -0.4 is 10.8 Å². The predicted octanol–water partition coefficient (Wildman–Crippen LogP) is 2.07. The van der Waals surface area contributed by atoms with Gasteiger partial charge in [0.1, 0.15) is 0 Å². The summed E-state index contributed by atoms with van der Waals surface area (Å²) in [7, 11) is 1.91. The van der Waals surface area contributed by atoms with Crippen LogP contribution >= 0.6 is 11.3 Å². The summed E-state index contributed by atoms with van der Waals surface area (Å²) in [5.41, 5.74) is 2.05. The zero-order chi connectivity index (χ0) is 21.8. The molecule has 2 atom stereocenters. The fourth-order valence-electron chi connectivity index (χ4n) is 3.02. The van der Waals surface area contributed by atoms with Gasteiger partial charge in [-0.1, -0.05) is 11.8 Å². The van der Waals surface area contributed by atoms with E-state index in [4.69, 9.17) is 5.21 Å². The van der Waals surface area contributed by atoms with Gasteiger partial charge in [-0.05, 0) is 63.3 Å². The van der Waals surface area contributed by atoms with Crippen LogP contribution in [0.4, 0.5) is 0 Å². The molecule has 30 heavy (non-hydrogen) atoms. The van der Waals surface area contributed by atoms with E-state index in [2.05, 4.69) is 34.0 Å². The molecular formula is C21H23N3O4S2. The molecule has 0 saturated heterocycles. The average Bonchev–Trinajstić information content (AvgIpc) is 3.39. The van der Waals surface area contributed by atoms with E-state index in [0.717, 1.165) is 33.6 Å². The lowest BCUT2D eigenvalue weighted by atomic mass is 9.87. The Morgan fingerprint density at radius 3 is 2.80 bits per heavy atom. The maximum atomic E-state index is 12.0. The topological polar surface area (TPSA) is 112 Å². The molecule has 2 aromatic rings. The van der Waals surface area contributed by atoms with Gasteiger partial charge >= 0.3 is 0 Å². The van der Waals surface area contributed by atoms with Crippen LogP contribution in [0.2, 0.25) is 0 Å². The number of fused-ring (bicyclic) bond motifs is 1. The Labute approximate surface area is 181 Å². The van der Waals surface area contributed by atoms with E-state index in [1.165, 1.54) is 11.3 Å². The fraction of sp³-hybridized carbons (Fsp3) is 0.429. The molecule has 0 spiro atoms. The number of hydroxylamine groups is 1. The van der Waals surface area contributed by atoms with Crippen molar-refractivity contribution in [3.8, 4) is 23.7 Å². The summed E-state index contributed by atoms with van der Waals surface area (Å²) >= 11 is -0.669. The summed E-state index contributed by atoms with van der Waals surface area (Å²) < 4.78 is 21.4. The average molecular weight is 446 g/mol. The largest absolute Gasteiger partial charge is 0.306 e. The number of rotatable bonds is 7. The Balaban J connectivity index is 1.71. The van der Waals surface area contributed by atoms with Crippen LogP contribution in [0.1, 0.15) is 36.8 Å². The molecule has 1 unspecified atom stereocenters. The number of nitrogens with zero attached hydrogens (tertiary/aromatic N) is 1. The summed E-state index contributed by atoms with van der Waals surface area (Å²) in [5.74, 6) is 11.1. The smallest absolute Gasteiger partial charge is 0.250 e. The van der Waals surface area contributed by atoms with Crippen molar-refractivity contribution in [1.82, 2.24) is 15.8 Å². The predicted molar refractivity (Wildman–Crippen MR) is 117 cm³/mol. The van der Waals surface area contributed by atoms with Gasteiger partial charge in [0.05, 0.1) is 31.9 Å². The second-order valence-corrected chi connectivity index (χ2v) is 9.64. The van der Waals surface area contributed by atoms with E-state index in [1.807, 2.05) is 25.2 Å². The minimum atomic E-state index is -2.16. The van der Waals surface area contributed by atoms with Crippen molar-refractivity contribution in [2.24, 2.45) is 5.41 Å². The van der Waals surface area contributed by atoms with Gasteiger partial charge in [-0.3, -0.25) is 10.0 Å². The Hall–Kier alpha value is -2.27. The molecule has 158 valence electrons. The third-order valence-electron chi connectivity index (χ3n) is 5.21. The van der Waals surface area contributed by atoms with E-state index in [-0.39, 0.29) is 17.7 Å². The molecule has 1 aliphatic carbocycles. The van der Waals surface area contributed by atoms with Gasteiger partial charge in [0.25, 0.3) is 0 Å². The molecule has 0 bridgehead atoms. The zero-order valence-electron chi connectivity index (χ0n) is 16.7. The first kappa shape index (κ1) is 22.4. The number of thiazole rings is 1. The van der Waals surface area contributed by atoms with Crippen LogP contribution in [0.3, 0.4) is 0 Å². The van der Waals surface area contributed by atoms with Crippen molar-refractivity contribution in [2.75, 3.05) is 12.8 Å². The quantitative estimate of drug-likeness (QED) is 0.225. The van der Waals surface area contributed by atoms with Crippen molar-refractivity contribution in [3.63, 3.8) is 0 Å². The van der Waals surface area contributed by atoms with Gasteiger partial charge in [0, 0.05) is 12.0 Å². The van der Waals surface area contributed by atoms with Crippen molar-refractivity contribution in [2.45, 2.75) is 38.1 Å². The maximum absolute atomic E-state index is 12.0. The maximum Gasteiger partial charge on any atom is 0.250 e. The lowest BCUT2D eigenvalue weighted by Gasteiger charge is -2.24. The van der Waals surface area contributed by atoms with Gasteiger partial charge in [0.15, 0.2) is 11.1 Å². The highest BCUT2D eigenvalue weighted by molar-refractivity contribution is 7.79. The number of hydrogen-bond donors (Lipinski definition) is 4. The SMILES string of the molecule is CNC1(C#CC#Cc2ccc3nc(CC[C@@](C)(CS(=O)O)C(=O)NO)sc3c2)CC1. The van der Waals surface area contributed by atoms with Crippen molar-refractivity contribution in [1.29, 1.82) is 0 Å². The van der Waals surface area contributed by atoms with Crippen molar-refractivity contribution >= 4 is 38.5 Å². The summed E-state index contributed by atoms with van der Waals surface area (Å²) in [4.78, 5) is 16.5. The Kier molecular flexibility index (Phi) is 6.91. The molecule has 0 radical (unpaired) electrons. The second-order valence-electron chi connectivity index (χ2n) is 7.59. The van der Waals surface area contributed by atoms with Gasteiger partial charge < -0.3 is 9.87 Å². The van der Waals surface area contributed by atoms with Crippen LogP contribution in [0.5, 0.6) is 0 Å². The van der Waals surface area contributed by atoms with Gasteiger partial charge in [-0.15, -0.1) is 11.3 Å². The van der Waals surface area contributed by atoms with Crippen LogP contribution in [0.25, 0.3) is 10.2 Å². The highest BCUT2D eigenvalue weighted by Gasteiger charge is 2.39. The van der Waals surface area contributed by atoms with Gasteiger partial charge in [0.2, 0.25) is 5.91 Å². The first-order valence-electron chi connectivity index (χ1n) is 9.43. The molecule has 1 aliphatic rings. The fourth-order valence-corrected chi connectivity index (χ4v) is 4.84. The van der Waals surface area contributed by atoms with Crippen molar-refractivity contribution in [3.05, 3.63) is 28.8 Å². The zero-order valence-corrected chi connectivity index (χ0v) is 18.4. The number of nitrogens with one attached hydrogen (secondary N) is 2. The van der Waals surface area contributed by atoms with Crippen molar-refractivity contribution < 1.29 is 18.8 Å². The number of carbonyl (C=O) groups is 1. The highest BCUT2D eigenvalue weighted by Crippen LogP contribution is 2.33. The molecule has 1 heterocycles. The summed E-state index contributed by atoms with van der Waals surface area (Å²) in [6.07, 6.45) is 2.84. The molecule has 4 N–H and O–H groups in total. The van der Waals surface area contributed by atoms with E-state index in [9.17, 15) is 13.6 Å². The number of carbonyl (C=O) groups excluding carboxylic acids is 1. The normalized spacial score (nSPS) is 17.1. The molecule has 1 aromatic carbocycles. The standard InChI is InChI=1S/C21H23N3O4S2/c1-20(14-30(27)28,19(25)24-26)10-8-18-23-16-7-6-15(13-17(16)29-18)5-3-4-9-21(22-2)11-12-21/h6-7,13,22,26H,8,10-12,14H2,1-2H3,(H,24,25)(H,27,28)/t20-/m0/s1. The minimum Gasteiger partial charge on any atom is -0.306 e. The van der Waals surface area contributed by atoms with Gasteiger partial charge in [-0.25, -0.2) is 14.7 Å². The van der Waals surface area contributed by atoms with Gasteiger partial charge in [-0.2, -0.15) is 0 Å². The van der Waals surface area contributed by atoms with E-state index < -0.39 is 22.4 Å². The number of amides is 1. The highest BCUT2D eigenvalue weighted by atomic mass is 32.2. The van der Waals surface area contributed by atoms with Crippen LogP contribution in [-0.4, -0.2) is 43.2 Å². The monoisotopic (exact) mass is 445 g/mol. The van der Waals surface area contributed by atoms with Crippen LogP contribution in [-0.2, 0) is 22.3 Å². The van der Waals surface area contributed by atoms with E-state index in [1.54, 1.807) is 12.4 Å². The summed E-state index contributed by atoms with van der Waals surface area (Å²) in [6.45, 7) is 1.55. The van der Waals surface area contributed by atoms with Crippen LogP contribution in [0.15, 0.2) is 18.2 Å². The molecule has 1 fully saturated rings. The number of aryl methyl sites for hydroxylation is 1. The third kappa shape index (κ3) is 5.45. The molecule has 3 rings (SSSR count). The molecule has 1 aromatic heterocycles. The molecule has 9 heteroatoms. The summed E-state index contributed by atoms with van der Waals surface area (Å²) in [5, 5.41) is 13.0. The Morgan fingerprint density at radius 1 is 1.40 bits per heavy atom. The molecule has 7 nitrogen and oxygen atoms in total. The molecule has 0 aliphatic heterocycles. The molecular weight excluding hydrogens is 422 g/mol. The van der Waals surface area contributed by atoms with Crippen LogP contribution in [0, 0.1) is 29.1 Å². The summed E-state index contributed by atoms with van der Waals surface area (Å²) in [6, 6.07) is 5.74.